The van der Waals surface area contributed by atoms with Crippen molar-refractivity contribution in [2.45, 2.75) is 45.1 Å². The molecule has 0 bridgehead atoms. The summed E-state index contributed by atoms with van der Waals surface area (Å²) in [5.74, 6) is 2.54. The number of amides is 1. The van der Waals surface area contributed by atoms with E-state index < -0.39 is 0 Å². The van der Waals surface area contributed by atoms with Gasteiger partial charge in [0.1, 0.15) is 12.4 Å². The van der Waals surface area contributed by atoms with Crippen LogP contribution in [0.5, 0.6) is 11.5 Å². The molecular formula is C30H33N3O3. The number of carbonyl (C=O) groups is 1. The van der Waals surface area contributed by atoms with Crippen LogP contribution in [0, 0.1) is 0 Å². The second-order valence-electron chi connectivity index (χ2n) is 9.29. The highest BCUT2D eigenvalue weighted by Gasteiger charge is 2.34. The predicted octanol–water partition coefficient (Wildman–Crippen LogP) is 5.99. The molecule has 1 fully saturated rings. The van der Waals surface area contributed by atoms with E-state index in [9.17, 15) is 4.79 Å². The largest absolute Gasteiger partial charge is 0.493 e. The third kappa shape index (κ3) is 4.94. The number of hydrogen-bond donors (Lipinski definition) is 0. The molecule has 186 valence electrons. The first-order valence-corrected chi connectivity index (χ1v) is 12.8. The number of imidazole rings is 1. The second-order valence-corrected chi connectivity index (χ2v) is 9.29. The number of carbonyl (C=O) groups excluding carboxylic acids is 1. The Morgan fingerprint density at radius 1 is 0.972 bits per heavy atom. The standard InChI is InChI=1S/C30H33N3O3/c1-3-4-9-22-14-16-24(17-15-22)33-21-23(20-29(33)34)30-31-25-10-5-6-11-26(25)32(30)18-19-36-28-13-8-7-12-27(28)35-2/h5-8,10-17,23H,3-4,9,18-21H2,1-2H3. The number of unbranched alkanes of at least 4 members (excludes halogenated alkanes) is 1. The van der Waals surface area contributed by atoms with Crippen molar-refractivity contribution in [1.29, 1.82) is 0 Å². The zero-order valence-electron chi connectivity index (χ0n) is 21.0. The van der Waals surface area contributed by atoms with Gasteiger partial charge in [-0.25, -0.2) is 4.98 Å². The SMILES string of the molecule is CCCCc1ccc(N2CC(c3nc4ccccc4n3CCOc3ccccc3OC)CC2=O)cc1. The van der Waals surface area contributed by atoms with Gasteiger partial charge < -0.3 is 18.9 Å². The quantitative estimate of drug-likeness (QED) is 0.278. The summed E-state index contributed by atoms with van der Waals surface area (Å²) in [5.41, 5.74) is 4.28. The number of fused-ring (bicyclic) bond motifs is 1. The molecule has 1 atom stereocenters. The number of nitrogens with zero attached hydrogens (tertiary/aromatic N) is 3. The number of benzene rings is 3. The Hall–Kier alpha value is -3.80. The number of aryl methyl sites for hydroxylation is 1. The second kappa shape index (κ2) is 10.9. The molecule has 6 nitrogen and oxygen atoms in total. The molecule has 6 heteroatoms. The van der Waals surface area contributed by atoms with Crippen LogP contribution in [0.25, 0.3) is 11.0 Å². The Morgan fingerprint density at radius 3 is 2.50 bits per heavy atom. The van der Waals surface area contributed by atoms with Crippen molar-refractivity contribution in [2.75, 3.05) is 25.2 Å². The van der Waals surface area contributed by atoms with Gasteiger partial charge in [-0.15, -0.1) is 0 Å². The molecule has 0 aliphatic carbocycles. The van der Waals surface area contributed by atoms with Crippen LogP contribution in [-0.2, 0) is 17.8 Å². The minimum absolute atomic E-state index is 0.0240. The van der Waals surface area contributed by atoms with Crippen molar-refractivity contribution in [3.05, 3.63) is 84.2 Å². The van der Waals surface area contributed by atoms with Crippen LogP contribution < -0.4 is 14.4 Å². The fraction of sp³-hybridized carbons (Fsp3) is 0.333. The first kappa shape index (κ1) is 23.9. The first-order chi connectivity index (χ1) is 17.7. The molecule has 1 amide bonds. The number of aromatic nitrogens is 2. The Morgan fingerprint density at radius 2 is 1.72 bits per heavy atom. The maximum atomic E-state index is 13.1. The smallest absolute Gasteiger partial charge is 0.227 e. The summed E-state index contributed by atoms with van der Waals surface area (Å²) in [6, 6.07) is 24.3. The van der Waals surface area contributed by atoms with Gasteiger partial charge in [0.2, 0.25) is 5.91 Å². The fourth-order valence-corrected chi connectivity index (χ4v) is 4.98. The highest BCUT2D eigenvalue weighted by molar-refractivity contribution is 5.96. The third-order valence-electron chi connectivity index (χ3n) is 6.88. The molecule has 0 spiro atoms. The summed E-state index contributed by atoms with van der Waals surface area (Å²) >= 11 is 0. The lowest BCUT2D eigenvalue weighted by atomic mass is 10.1. The van der Waals surface area contributed by atoms with Crippen LogP contribution in [0.15, 0.2) is 72.8 Å². The normalized spacial score (nSPS) is 15.6. The van der Waals surface area contributed by atoms with E-state index in [-0.39, 0.29) is 11.8 Å². The molecule has 0 N–H and O–H groups in total. The number of rotatable bonds is 10. The number of para-hydroxylation sites is 4. The van der Waals surface area contributed by atoms with Crippen LogP contribution >= 0.6 is 0 Å². The van der Waals surface area contributed by atoms with E-state index >= 15 is 0 Å². The highest BCUT2D eigenvalue weighted by Crippen LogP contribution is 2.33. The Kier molecular flexibility index (Phi) is 7.21. The molecule has 36 heavy (non-hydrogen) atoms. The molecule has 1 unspecified atom stereocenters. The average Bonchev–Trinajstić information content (AvgIpc) is 3.48. The highest BCUT2D eigenvalue weighted by atomic mass is 16.5. The van der Waals surface area contributed by atoms with E-state index in [0.29, 0.717) is 31.9 Å². The molecule has 3 aromatic carbocycles. The van der Waals surface area contributed by atoms with Gasteiger partial charge in [0.15, 0.2) is 11.5 Å². The van der Waals surface area contributed by atoms with Crippen LogP contribution in [0.2, 0.25) is 0 Å². The lowest BCUT2D eigenvalue weighted by molar-refractivity contribution is -0.117. The van der Waals surface area contributed by atoms with Gasteiger partial charge in [-0.1, -0.05) is 49.7 Å². The minimum Gasteiger partial charge on any atom is -0.493 e. The molecule has 1 aliphatic rings. The third-order valence-corrected chi connectivity index (χ3v) is 6.88. The van der Waals surface area contributed by atoms with Crippen molar-refractivity contribution in [2.24, 2.45) is 0 Å². The molecule has 2 heterocycles. The number of methoxy groups -OCH3 is 1. The molecule has 1 saturated heterocycles. The van der Waals surface area contributed by atoms with Crippen molar-refractivity contribution in [1.82, 2.24) is 9.55 Å². The maximum absolute atomic E-state index is 13.1. The summed E-state index contributed by atoms with van der Waals surface area (Å²) in [6.07, 6.45) is 3.89. The van der Waals surface area contributed by atoms with Crippen LogP contribution in [0.4, 0.5) is 5.69 Å². The summed E-state index contributed by atoms with van der Waals surface area (Å²) in [7, 11) is 1.64. The topological polar surface area (TPSA) is 56.6 Å². The van der Waals surface area contributed by atoms with E-state index in [2.05, 4.69) is 41.8 Å². The molecular weight excluding hydrogens is 450 g/mol. The van der Waals surface area contributed by atoms with Gasteiger partial charge in [-0.3, -0.25) is 4.79 Å². The Labute approximate surface area is 212 Å². The van der Waals surface area contributed by atoms with E-state index in [1.54, 1.807) is 7.11 Å². The predicted molar refractivity (Wildman–Crippen MR) is 143 cm³/mol. The Balaban J connectivity index is 1.35. The van der Waals surface area contributed by atoms with E-state index in [1.165, 1.54) is 18.4 Å². The molecule has 0 radical (unpaired) electrons. The van der Waals surface area contributed by atoms with Crippen LogP contribution in [0.1, 0.15) is 43.5 Å². The number of anilines is 1. The van der Waals surface area contributed by atoms with Crippen molar-refractivity contribution >= 4 is 22.6 Å². The lowest BCUT2D eigenvalue weighted by Gasteiger charge is -2.18. The molecule has 4 aromatic rings. The van der Waals surface area contributed by atoms with Gasteiger partial charge in [0.05, 0.1) is 24.7 Å². The van der Waals surface area contributed by atoms with Gasteiger partial charge in [-0.2, -0.15) is 0 Å². The van der Waals surface area contributed by atoms with E-state index in [1.807, 2.05) is 47.4 Å². The zero-order valence-corrected chi connectivity index (χ0v) is 21.0. The van der Waals surface area contributed by atoms with Crippen molar-refractivity contribution in [3.8, 4) is 11.5 Å². The molecule has 1 aliphatic heterocycles. The van der Waals surface area contributed by atoms with Gasteiger partial charge in [-0.05, 0) is 54.8 Å². The number of hydrogen-bond acceptors (Lipinski definition) is 4. The van der Waals surface area contributed by atoms with Crippen LogP contribution in [-0.4, -0.2) is 35.7 Å². The Bertz CT molecular complexity index is 1330. The summed E-state index contributed by atoms with van der Waals surface area (Å²) < 4.78 is 13.7. The lowest BCUT2D eigenvalue weighted by Crippen LogP contribution is -2.24. The van der Waals surface area contributed by atoms with Gasteiger partial charge in [0, 0.05) is 24.6 Å². The summed E-state index contributed by atoms with van der Waals surface area (Å²) in [5, 5.41) is 0. The summed E-state index contributed by atoms with van der Waals surface area (Å²) in [6.45, 7) is 3.93. The molecule has 0 saturated carbocycles. The monoisotopic (exact) mass is 483 g/mol. The van der Waals surface area contributed by atoms with Gasteiger partial charge >= 0.3 is 0 Å². The first-order valence-electron chi connectivity index (χ1n) is 12.8. The van der Waals surface area contributed by atoms with Crippen molar-refractivity contribution < 1.29 is 14.3 Å². The fourth-order valence-electron chi connectivity index (χ4n) is 4.98. The van der Waals surface area contributed by atoms with Crippen molar-refractivity contribution in [3.63, 3.8) is 0 Å². The average molecular weight is 484 g/mol. The molecule has 5 rings (SSSR count). The maximum Gasteiger partial charge on any atom is 0.227 e. The zero-order chi connectivity index (χ0) is 24.9. The molecule has 1 aromatic heterocycles. The number of ether oxygens (including phenoxy) is 2. The van der Waals surface area contributed by atoms with Gasteiger partial charge in [0.25, 0.3) is 0 Å². The minimum atomic E-state index is 0.0240. The summed E-state index contributed by atoms with van der Waals surface area (Å²) in [4.78, 5) is 19.9. The van der Waals surface area contributed by atoms with E-state index in [0.717, 1.165) is 34.7 Å². The van der Waals surface area contributed by atoms with Crippen LogP contribution in [0.3, 0.4) is 0 Å². The van der Waals surface area contributed by atoms with E-state index in [4.69, 9.17) is 14.5 Å².